The summed E-state index contributed by atoms with van der Waals surface area (Å²) in [5.41, 5.74) is 3.39. The number of piperidine rings is 1. The zero-order chi connectivity index (χ0) is 32.3. The summed E-state index contributed by atoms with van der Waals surface area (Å²) in [4.78, 5) is 30.0. The average molecular weight is 633 g/mol. The Hall–Kier alpha value is -3.30. The predicted molar refractivity (Wildman–Crippen MR) is 181 cm³/mol. The van der Waals surface area contributed by atoms with Gasteiger partial charge in [-0.3, -0.25) is 4.79 Å². The van der Waals surface area contributed by atoms with Gasteiger partial charge in [0, 0.05) is 76.0 Å². The summed E-state index contributed by atoms with van der Waals surface area (Å²) in [6, 6.07) is 11.5. The monoisotopic (exact) mass is 632 g/mol. The van der Waals surface area contributed by atoms with Gasteiger partial charge in [-0.05, 0) is 91.8 Å². The SMILES string of the molecule is CC(C)(C)C1CCC(c2cc(C(=O)N3CCC(Oc4cc(N5CCNCC5)ccc4C(=O)O)CC3)ccc2O[C@H]2CCNC2)CC1. The summed E-state index contributed by atoms with van der Waals surface area (Å²) in [6.45, 7) is 13.6. The number of aromatic carboxylic acids is 1. The van der Waals surface area contributed by atoms with E-state index in [1.165, 1.54) is 18.4 Å². The topological polar surface area (TPSA) is 103 Å². The molecule has 3 heterocycles. The second-order valence-electron chi connectivity index (χ2n) is 14.7. The van der Waals surface area contributed by atoms with E-state index in [1.54, 1.807) is 6.07 Å². The average Bonchev–Trinajstić information content (AvgIpc) is 3.58. The number of hydrogen-bond acceptors (Lipinski definition) is 7. The predicted octanol–water partition coefficient (Wildman–Crippen LogP) is 5.54. The summed E-state index contributed by atoms with van der Waals surface area (Å²) in [5, 5.41) is 16.6. The third-order valence-electron chi connectivity index (χ3n) is 10.7. The van der Waals surface area contributed by atoms with Crippen LogP contribution in [0.4, 0.5) is 5.69 Å². The maximum absolute atomic E-state index is 13.8. The van der Waals surface area contributed by atoms with Gasteiger partial charge in [0.2, 0.25) is 0 Å². The lowest BCUT2D eigenvalue weighted by Gasteiger charge is -2.37. The van der Waals surface area contributed by atoms with Crippen molar-refractivity contribution in [1.29, 1.82) is 0 Å². The van der Waals surface area contributed by atoms with E-state index in [2.05, 4.69) is 42.4 Å². The molecule has 1 saturated carbocycles. The largest absolute Gasteiger partial charge is 0.489 e. The molecular weight excluding hydrogens is 580 g/mol. The van der Waals surface area contributed by atoms with E-state index in [4.69, 9.17) is 9.47 Å². The maximum Gasteiger partial charge on any atom is 0.339 e. The minimum absolute atomic E-state index is 0.0455. The quantitative estimate of drug-likeness (QED) is 0.349. The second-order valence-corrected chi connectivity index (χ2v) is 14.7. The number of anilines is 1. The summed E-state index contributed by atoms with van der Waals surface area (Å²) < 4.78 is 12.9. The lowest BCUT2D eigenvalue weighted by molar-refractivity contribution is 0.0587. The minimum Gasteiger partial charge on any atom is -0.489 e. The molecule has 1 aliphatic carbocycles. The van der Waals surface area contributed by atoms with E-state index in [1.807, 2.05) is 29.2 Å². The number of rotatable bonds is 8. The van der Waals surface area contributed by atoms with Crippen LogP contribution >= 0.6 is 0 Å². The molecule has 6 rings (SSSR count). The van der Waals surface area contributed by atoms with E-state index >= 15 is 0 Å². The summed E-state index contributed by atoms with van der Waals surface area (Å²) in [7, 11) is 0. The number of benzene rings is 2. The van der Waals surface area contributed by atoms with Gasteiger partial charge < -0.3 is 35.0 Å². The molecule has 0 spiro atoms. The molecule has 0 bridgehead atoms. The molecule has 0 unspecified atom stereocenters. The van der Waals surface area contributed by atoms with Crippen molar-refractivity contribution >= 4 is 17.6 Å². The molecule has 9 nitrogen and oxygen atoms in total. The van der Waals surface area contributed by atoms with Crippen molar-refractivity contribution in [2.45, 2.75) is 83.8 Å². The van der Waals surface area contributed by atoms with Gasteiger partial charge in [0.25, 0.3) is 5.91 Å². The molecule has 250 valence electrons. The molecule has 0 aromatic heterocycles. The Morgan fingerprint density at radius 2 is 1.50 bits per heavy atom. The highest BCUT2D eigenvalue weighted by molar-refractivity contribution is 5.95. The number of ether oxygens (including phenoxy) is 2. The van der Waals surface area contributed by atoms with Crippen LogP contribution in [0.1, 0.15) is 97.9 Å². The highest BCUT2D eigenvalue weighted by atomic mass is 16.5. The Kier molecular flexibility index (Phi) is 10.1. The van der Waals surface area contributed by atoms with Gasteiger partial charge in [-0.25, -0.2) is 4.79 Å². The van der Waals surface area contributed by atoms with Crippen LogP contribution in [0.5, 0.6) is 11.5 Å². The number of carboxylic acid groups (broad SMARTS) is 1. The minimum atomic E-state index is -0.992. The summed E-state index contributed by atoms with van der Waals surface area (Å²) in [6.07, 6.45) is 6.98. The Morgan fingerprint density at radius 1 is 0.783 bits per heavy atom. The first kappa shape index (κ1) is 32.6. The van der Waals surface area contributed by atoms with E-state index < -0.39 is 5.97 Å². The van der Waals surface area contributed by atoms with Crippen molar-refractivity contribution in [2.75, 3.05) is 57.3 Å². The molecule has 46 heavy (non-hydrogen) atoms. The van der Waals surface area contributed by atoms with Gasteiger partial charge in [0.15, 0.2) is 0 Å². The maximum atomic E-state index is 13.8. The third-order valence-corrected chi connectivity index (χ3v) is 10.7. The molecule has 2 aromatic rings. The first-order valence-electron chi connectivity index (χ1n) is 17.5. The smallest absolute Gasteiger partial charge is 0.339 e. The van der Waals surface area contributed by atoms with E-state index in [0.29, 0.717) is 43.0 Å². The third kappa shape index (κ3) is 7.63. The standard InChI is InChI=1S/C37H52N4O5/c1-37(2,3)27-7-4-25(5-8-27)32-22-26(6-11-33(32)46-30-12-15-39-24-30)35(42)41-18-13-29(14-19-41)45-34-23-28(9-10-31(34)36(43)44)40-20-16-38-17-21-40/h6,9-11,22-23,25,27,29-30,38-39H,4-5,7-8,12-21,24H2,1-3H3,(H,43,44)/t25?,27?,30-/m0/s1. The molecule has 1 amide bonds. The van der Waals surface area contributed by atoms with E-state index in [-0.39, 0.29) is 23.7 Å². The van der Waals surface area contributed by atoms with E-state index in [9.17, 15) is 14.7 Å². The van der Waals surface area contributed by atoms with Gasteiger partial charge in [-0.15, -0.1) is 0 Å². The van der Waals surface area contributed by atoms with Crippen molar-refractivity contribution < 1.29 is 24.2 Å². The first-order valence-corrected chi connectivity index (χ1v) is 17.5. The van der Waals surface area contributed by atoms with Crippen LogP contribution in [0, 0.1) is 11.3 Å². The lowest BCUT2D eigenvalue weighted by Crippen LogP contribution is -2.43. The zero-order valence-electron chi connectivity index (χ0n) is 27.9. The van der Waals surface area contributed by atoms with Gasteiger partial charge in [0.05, 0.1) is 0 Å². The Labute approximate surface area is 274 Å². The van der Waals surface area contributed by atoms with Crippen molar-refractivity contribution in [1.82, 2.24) is 15.5 Å². The van der Waals surface area contributed by atoms with Gasteiger partial charge >= 0.3 is 5.97 Å². The van der Waals surface area contributed by atoms with Crippen LogP contribution in [0.15, 0.2) is 36.4 Å². The molecule has 4 fully saturated rings. The molecule has 0 radical (unpaired) electrons. The molecule has 3 saturated heterocycles. The fourth-order valence-electron chi connectivity index (χ4n) is 7.73. The first-order chi connectivity index (χ1) is 22.2. The highest BCUT2D eigenvalue weighted by Crippen LogP contribution is 2.45. The van der Waals surface area contributed by atoms with Crippen molar-refractivity contribution in [3.63, 3.8) is 0 Å². The molecule has 3 N–H and O–H groups in total. The lowest BCUT2D eigenvalue weighted by atomic mass is 9.68. The summed E-state index contributed by atoms with van der Waals surface area (Å²) >= 11 is 0. The Bertz CT molecular complexity index is 1360. The van der Waals surface area contributed by atoms with Gasteiger partial charge in [-0.2, -0.15) is 0 Å². The number of carbonyl (C=O) groups excluding carboxylic acids is 1. The van der Waals surface area contributed by atoms with Crippen LogP contribution in [0.3, 0.4) is 0 Å². The number of likely N-dealkylation sites (tertiary alicyclic amines) is 1. The number of nitrogens with zero attached hydrogens (tertiary/aromatic N) is 2. The van der Waals surface area contributed by atoms with Crippen molar-refractivity contribution in [3.05, 3.63) is 53.1 Å². The number of carbonyl (C=O) groups is 2. The fourth-order valence-corrected chi connectivity index (χ4v) is 7.73. The van der Waals surface area contributed by atoms with Gasteiger partial charge in [0.1, 0.15) is 29.3 Å². The number of piperazine rings is 1. The Balaban J connectivity index is 1.12. The highest BCUT2D eigenvalue weighted by Gasteiger charge is 2.33. The van der Waals surface area contributed by atoms with E-state index in [0.717, 1.165) is 81.4 Å². The molecular formula is C37H52N4O5. The molecule has 3 aliphatic heterocycles. The van der Waals surface area contributed by atoms with Crippen molar-refractivity contribution in [3.8, 4) is 11.5 Å². The number of nitrogens with one attached hydrogen (secondary N) is 2. The van der Waals surface area contributed by atoms with Crippen LogP contribution in [-0.2, 0) is 0 Å². The Morgan fingerprint density at radius 3 is 2.15 bits per heavy atom. The molecule has 2 aromatic carbocycles. The van der Waals surface area contributed by atoms with Crippen molar-refractivity contribution in [2.24, 2.45) is 11.3 Å². The summed E-state index contributed by atoms with van der Waals surface area (Å²) in [5.74, 6) is 1.52. The van der Waals surface area contributed by atoms with Crippen LogP contribution in [0.2, 0.25) is 0 Å². The molecule has 1 atom stereocenters. The fraction of sp³-hybridized carbons (Fsp3) is 0.622. The van der Waals surface area contributed by atoms with Crippen LogP contribution in [-0.4, -0.2) is 86.4 Å². The molecule has 9 heteroatoms. The normalized spacial score (nSPS) is 24.5. The second kappa shape index (κ2) is 14.2. The van der Waals surface area contributed by atoms with Gasteiger partial charge in [-0.1, -0.05) is 20.8 Å². The van der Waals surface area contributed by atoms with Crippen LogP contribution in [0.25, 0.3) is 0 Å². The zero-order valence-corrected chi connectivity index (χ0v) is 27.9. The molecule has 4 aliphatic rings. The van der Waals surface area contributed by atoms with Crippen LogP contribution < -0.4 is 25.0 Å². The number of carboxylic acids is 1. The number of hydrogen-bond donors (Lipinski definition) is 3. The number of amides is 1.